The van der Waals surface area contributed by atoms with Gasteiger partial charge in [0.2, 0.25) is 5.91 Å². The van der Waals surface area contributed by atoms with Crippen molar-refractivity contribution >= 4 is 56.6 Å². The Morgan fingerprint density at radius 3 is 2.64 bits per heavy atom. The maximum Gasteiger partial charge on any atom is 0.253 e. The van der Waals surface area contributed by atoms with Crippen LogP contribution in [0.2, 0.25) is 0 Å². The largest absolute Gasteiger partial charge is 0.383 e. The van der Waals surface area contributed by atoms with Crippen LogP contribution in [0.5, 0.6) is 0 Å². The van der Waals surface area contributed by atoms with Gasteiger partial charge in [-0.3, -0.25) is 9.59 Å². The quantitative estimate of drug-likeness (QED) is 0.376. The minimum Gasteiger partial charge on any atom is -0.383 e. The van der Waals surface area contributed by atoms with E-state index < -0.39 is 0 Å². The van der Waals surface area contributed by atoms with Crippen molar-refractivity contribution < 1.29 is 9.59 Å². The van der Waals surface area contributed by atoms with Gasteiger partial charge in [-0.25, -0.2) is 9.97 Å². The number of hydrogen-bond donors (Lipinski definition) is 2. The summed E-state index contributed by atoms with van der Waals surface area (Å²) >= 11 is 2.97. The second-order valence-corrected chi connectivity index (χ2v) is 10.3. The summed E-state index contributed by atoms with van der Waals surface area (Å²) in [5, 5.41) is 4.37. The highest BCUT2D eigenvalue weighted by Gasteiger charge is 2.23. The SMILES string of the molecule is CCN(CC)C(=O)c1ccc(NC(=O)CSc2nc(N)c3c4c(sc3n2)CC(C)CC4)cc1. The lowest BCUT2D eigenvalue weighted by molar-refractivity contribution is -0.113. The first-order valence-electron chi connectivity index (χ1n) is 11.3. The van der Waals surface area contributed by atoms with E-state index in [0.717, 1.165) is 23.1 Å². The third kappa shape index (κ3) is 5.14. The number of nitrogen functional groups attached to an aromatic ring is 1. The Kier molecular flexibility index (Phi) is 7.19. The van der Waals surface area contributed by atoms with Gasteiger partial charge in [0.25, 0.3) is 5.91 Å². The summed E-state index contributed by atoms with van der Waals surface area (Å²) in [7, 11) is 0. The summed E-state index contributed by atoms with van der Waals surface area (Å²) in [4.78, 5) is 38.0. The predicted octanol–water partition coefficient (Wildman–Crippen LogP) is 4.61. The van der Waals surface area contributed by atoms with Crippen LogP contribution in [0.25, 0.3) is 10.2 Å². The molecule has 1 aliphatic carbocycles. The lowest BCUT2D eigenvalue weighted by Gasteiger charge is -2.18. The minimum absolute atomic E-state index is 0.0109. The molecule has 1 aliphatic rings. The van der Waals surface area contributed by atoms with Gasteiger partial charge in [0, 0.05) is 29.2 Å². The van der Waals surface area contributed by atoms with E-state index in [9.17, 15) is 9.59 Å². The van der Waals surface area contributed by atoms with Gasteiger partial charge in [0.05, 0.1) is 11.1 Å². The smallest absolute Gasteiger partial charge is 0.253 e. The van der Waals surface area contributed by atoms with Gasteiger partial charge in [0.1, 0.15) is 10.6 Å². The zero-order valence-electron chi connectivity index (χ0n) is 19.2. The molecule has 0 fully saturated rings. The van der Waals surface area contributed by atoms with Crippen molar-refractivity contribution in [3.63, 3.8) is 0 Å². The fourth-order valence-electron chi connectivity index (χ4n) is 4.13. The number of fused-ring (bicyclic) bond motifs is 3. The van der Waals surface area contributed by atoms with Crippen molar-refractivity contribution in [1.82, 2.24) is 14.9 Å². The van der Waals surface area contributed by atoms with Crippen LogP contribution in [0.3, 0.4) is 0 Å². The molecule has 0 saturated carbocycles. The molecule has 1 aromatic carbocycles. The van der Waals surface area contributed by atoms with Gasteiger partial charge in [0.15, 0.2) is 5.16 Å². The Bertz CT molecular complexity index is 1170. The van der Waals surface area contributed by atoms with Crippen molar-refractivity contribution in [2.45, 2.75) is 45.2 Å². The molecule has 4 rings (SSSR count). The first-order valence-corrected chi connectivity index (χ1v) is 13.1. The Labute approximate surface area is 202 Å². The van der Waals surface area contributed by atoms with Crippen LogP contribution in [-0.4, -0.2) is 45.5 Å². The molecule has 3 N–H and O–H groups in total. The summed E-state index contributed by atoms with van der Waals surface area (Å²) in [5.41, 5.74) is 8.84. The maximum atomic E-state index is 12.5. The van der Waals surface area contributed by atoms with E-state index in [1.807, 2.05) is 13.8 Å². The van der Waals surface area contributed by atoms with E-state index in [0.29, 0.717) is 41.2 Å². The molecule has 1 atom stereocenters. The van der Waals surface area contributed by atoms with Gasteiger partial charge >= 0.3 is 0 Å². The third-order valence-electron chi connectivity index (χ3n) is 5.96. The van der Waals surface area contributed by atoms with Gasteiger partial charge in [-0.1, -0.05) is 18.7 Å². The average Bonchev–Trinajstić information content (AvgIpc) is 3.16. The second-order valence-electron chi connectivity index (χ2n) is 8.31. The van der Waals surface area contributed by atoms with E-state index in [1.54, 1.807) is 40.5 Å². The first-order chi connectivity index (χ1) is 15.9. The fraction of sp³-hybridized carbons (Fsp3) is 0.417. The molecule has 0 radical (unpaired) electrons. The Hall–Kier alpha value is -2.65. The molecule has 0 bridgehead atoms. The standard InChI is InChI=1S/C24H29N5O2S2/c1-4-29(5-2)23(31)15-7-9-16(10-8-15)26-19(30)13-32-24-27-21(25)20-17-11-6-14(3)12-18(17)33-22(20)28-24/h7-10,14H,4-6,11-13H2,1-3H3,(H,26,30)(H2,25,27,28). The average molecular weight is 484 g/mol. The number of thioether (sulfide) groups is 1. The molecule has 0 saturated heterocycles. The molecule has 174 valence electrons. The third-order valence-corrected chi connectivity index (χ3v) is 7.96. The van der Waals surface area contributed by atoms with Crippen LogP contribution < -0.4 is 11.1 Å². The predicted molar refractivity (Wildman–Crippen MR) is 136 cm³/mol. The highest BCUT2D eigenvalue weighted by atomic mass is 32.2. The van der Waals surface area contributed by atoms with Crippen LogP contribution >= 0.6 is 23.1 Å². The van der Waals surface area contributed by atoms with Crippen LogP contribution in [0.4, 0.5) is 11.5 Å². The lowest BCUT2D eigenvalue weighted by Crippen LogP contribution is -2.30. The number of anilines is 2. The number of hydrogen-bond acceptors (Lipinski definition) is 7. The second kappa shape index (κ2) is 10.1. The highest BCUT2D eigenvalue weighted by Crippen LogP contribution is 2.39. The van der Waals surface area contributed by atoms with E-state index >= 15 is 0 Å². The summed E-state index contributed by atoms with van der Waals surface area (Å²) in [6, 6.07) is 6.97. The normalized spacial score (nSPS) is 15.3. The molecular weight excluding hydrogens is 454 g/mol. The molecule has 2 amide bonds. The van der Waals surface area contributed by atoms with E-state index in [1.165, 1.54) is 28.6 Å². The molecule has 9 heteroatoms. The van der Waals surface area contributed by atoms with Crippen molar-refractivity contribution in [2.75, 3.05) is 29.9 Å². The van der Waals surface area contributed by atoms with E-state index in [2.05, 4.69) is 22.2 Å². The van der Waals surface area contributed by atoms with E-state index in [-0.39, 0.29) is 17.6 Å². The van der Waals surface area contributed by atoms with Crippen LogP contribution in [0, 0.1) is 5.92 Å². The molecule has 7 nitrogen and oxygen atoms in total. The molecule has 0 aliphatic heterocycles. The Morgan fingerprint density at radius 2 is 1.94 bits per heavy atom. The number of benzene rings is 1. The lowest BCUT2D eigenvalue weighted by atomic mass is 9.89. The van der Waals surface area contributed by atoms with Gasteiger partial charge in [-0.05, 0) is 68.9 Å². The number of aromatic nitrogens is 2. The van der Waals surface area contributed by atoms with Crippen LogP contribution in [0.15, 0.2) is 29.4 Å². The summed E-state index contributed by atoms with van der Waals surface area (Å²) in [6.07, 6.45) is 3.26. The number of aryl methyl sites for hydroxylation is 1. The fourth-order valence-corrected chi connectivity index (χ4v) is 6.23. The Balaban J connectivity index is 1.38. The number of rotatable bonds is 7. The van der Waals surface area contributed by atoms with Crippen molar-refractivity contribution in [3.8, 4) is 0 Å². The van der Waals surface area contributed by atoms with Crippen molar-refractivity contribution in [2.24, 2.45) is 5.92 Å². The number of carbonyl (C=O) groups is 2. The molecular formula is C24H29N5O2S2. The first kappa shape index (κ1) is 23.5. The molecule has 2 aromatic heterocycles. The number of nitrogens with one attached hydrogen (secondary N) is 1. The zero-order valence-corrected chi connectivity index (χ0v) is 20.8. The molecule has 1 unspecified atom stereocenters. The number of nitrogens with zero attached hydrogens (tertiary/aromatic N) is 3. The number of thiophene rings is 1. The van der Waals surface area contributed by atoms with Crippen molar-refractivity contribution in [1.29, 1.82) is 0 Å². The maximum absolute atomic E-state index is 12.5. The topological polar surface area (TPSA) is 101 Å². The highest BCUT2D eigenvalue weighted by molar-refractivity contribution is 7.99. The number of nitrogens with two attached hydrogens (primary N) is 1. The zero-order chi connectivity index (χ0) is 23.5. The summed E-state index contributed by atoms with van der Waals surface area (Å²) < 4.78 is 0. The number of amides is 2. The van der Waals surface area contributed by atoms with Gasteiger partial charge in [-0.15, -0.1) is 11.3 Å². The molecule has 2 heterocycles. The minimum atomic E-state index is -0.163. The Morgan fingerprint density at radius 1 is 1.21 bits per heavy atom. The number of carbonyl (C=O) groups excluding carboxylic acids is 2. The van der Waals surface area contributed by atoms with Crippen LogP contribution in [0.1, 0.15) is 48.0 Å². The molecule has 3 aromatic rings. The van der Waals surface area contributed by atoms with Crippen molar-refractivity contribution in [3.05, 3.63) is 40.3 Å². The van der Waals surface area contributed by atoms with Gasteiger partial charge in [-0.2, -0.15) is 0 Å². The molecule has 0 spiro atoms. The monoisotopic (exact) mass is 483 g/mol. The molecule has 33 heavy (non-hydrogen) atoms. The van der Waals surface area contributed by atoms with Gasteiger partial charge < -0.3 is 16.0 Å². The van der Waals surface area contributed by atoms with E-state index in [4.69, 9.17) is 5.73 Å². The van der Waals surface area contributed by atoms with Crippen LogP contribution in [-0.2, 0) is 17.6 Å². The summed E-state index contributed by atoms with van der Waals surface area (Å²) in [5.74, 6) is 1.19. The summed E-state index contributed by atoms with van der Waals surface area (Å²) in [6.45, 7) is 7.51.